The highest BCUT2D eigenvalue weighted by Crippen LogP contribution is 2.36. The van der Waals surface area contributed by atoms with E-state index in [1.165, 1.54) is 12.1 Å². The average Bonchev–Trinajstić information content (AvgIpc) is 2.25. The zero-order chi connectivity index (χ0) is 12.9. The first-order valence-corrected chi connectivity index (χ1v) is 5.83. The smallest absolute Gasteiger partial charge is 0.352 e. The highest BCUT2D eigenvalue weighted by atomic mass is 32.2. The van der Waals surface area contributed by atoms with E-state index in [0.29, 0.717) is 13.0 Å². The van der Waals surface area contributed by atoms with Crippen molar-refractivity contribution in [3.8, 4) is 0 Å². The van der Waals surface area contributed by atoms with Gasteiger partial charge in [-0.25, -0.2) is 0 Å². The SMILES string of the molecule is CCC(=O)NCc1ccc(SC(F)(F)F)cc1. The molecule has 1 rings (SSSR count). The first-order valence-electron chi connectivity index (χ1n) is 5.02. The van der Waals surface area contributed by atoms with E-state index in [4.69, 9.17) is 0 Å². The fourth-order valence-corrected chi connectivity index (χ4v) is 1.67. The van der Waals surface area contributed by atoms with E-state index in [1.807, 2.05) is 0 Å². The standard InChI is InChI=1S/C11H12F3NOS/c1-2-10(16)15-7-8-3-5-9(6-4-8)17-11(12,13)14/h3-6H,2,7H2,1H3,(H,15,16). The van der Waals surface area contributed by atoms with Crippen LogP contribution in [0.1, 0.15) is 18.9 Å². The number of halogens is 3. The van der Waals surface area contributed by atoms with Crippen LogP contribution in [-0.4, -0.2) is 11.4 Å². The van der Waals surface area contributed by atoms with Crippen molar-refractivity contribution in [2.24, 2.45) is 0 Å². The van der Waals surface area contributed by atoms with E-state index in [-0.39, 0.29) is 22.6 Å². The lowest BCUT2D eigenvalue weighted by molar-refractivity contribution is -0.120. The second-order valence-corrected chi connectivity index (χ2v) is 4.46. The minimum absolute atomic E-state index is 0.0845. The number of alkyl halides is 3. The Morgan fingerprint density at radius 1 is 1.29 bits per heavy atom. The predicted octanol–water partition coefficient (Wildman–Crippen LogP) is 3.32. The van der Waals surface area contributed by atoms with Gasteiger partial charge in [-0.1, -0.05) is 19.1 Å². The van der Waals surface area contributed by atoms with Gasteiger partial charge in [0.05, 0.1) is 0 Å². The third-order valence-corrected chi connectivity index (χ3v) is 2.71. The molecule has 0 aliphatic carbocycles. The molecule has 0 heterocycles. The van der Waals surface area contributed by atoms with Gasteiger partial charge in [0.25, 0.3) is 0 Å². The first kappa shape index (κ1) is 13.9. The van der Waals surface area contributed by atoms with Crippen molar-refractivity contribution in [3.05, 3.63) is 29.8 Å². The molecule has 94 valence electrons. The Balaban J connectivity index is 2.53. The van der Waals surface area contributed by atoms with Gasteiger partial charge in [0.1, 0.15) is 0 Å². The van der Waals surface area contributed by atoms with Crippen molar-refractivity contribution in [1.29, 1.82) is 0 Å². The second kappa shape index (κ2) is 5.95. The van der Waals surface area contributed by atoms with Crippen molar-refractivity contribution < 1.29 is 18.0 Å². The van der Waals surface area contributed by atoms with Gasteiger partial charge in [-0.05, 0) is 29.5 Å². The molecule has 0 saturated heterocycles. The van der Waals surface area contributed by atoms with Gasteiger partial charge in [0, 0.05) is 17.9 Å². The molecule has 0 spiro atoms. The van der Waals surface area contributed by atoms with Crippen LogP contribution in [0.3, 0.4) is 0 Å². The van der Waals surface area contributed by atoms with E-state index in [9.17, 15) is 18.0 Å². The van der Waals surface area contributed by atoms with Gasteiger partial charge < -0.3 is 5.32 Å². The number of thioether (sulfide) groups is 1. The van der Waals surface area contributed by atoms with Crippen molar-refractivity contribution in [1.82, 2.24) is 5.32 Å². The predicted molar refractivity (Wildman–Crippen MR) is 60.5 cm³/mol. The van der Waals surface area contributed by atoms with Crippen LogP contribution < -0.4 is 5.32 Å². The maximum atomic E-state index is 12.0. The molecule has 0 aromatic heterocycles. The Hall–Kier alpha value is -1.17. The molecule has 0 bridgehead atoms. The summed E-state index contributed by atoms with van der Waals surface area (Å²) in [6, 6.07) is 5.94. The van der Waals surface area contributed by atoms with Crippen molar-refractivity contribution >= 4 is 17.7 Å². The number of rotatable bonds is 4. The van der Waals surface area contributed by atoms with E-state index >= 15 is 0 Å². The lowest BCUT2D eigenvalue weighted by Gasteiger charge is -2.07. The van der Waals surface area contributed by atoms with Gasteiger partial charge in [0.15, 0.2) is 0 Å². The molecule has 1 aromatic carbocycles. The monoisotopic (exact) mass is 263 g/mol. The molecule has 0 atom stereocenters. The molecule has 0 unspecified atom stereocenters. The molecular weight excluding hydrogens is 251 g/mol. The normalized spacial score (nSPS) is 11.3. The molecule has 0 fully saturated rings. The Morgan fingerprint density at radius 2 is 1.88 bits per heavy atom. The fraction of sp³-hybridized carbons (Fsp3) is 0.364. The van der Waals surface area contributed by atoms with Crippen molar-refractivity contribution in [3.63, 3.8) is 0 Å². The topological polar surface area (TPSA) is 29.1 Å². The van der Waals surface area contributed by atoms with Crippen LogP contribution in [0, 0.1) is 0 Å². The highest BCUT2D eigenvalue weighted by Gasteiger charge is 2.28. The largest absolute Gasteiger partial charge is 0.446 e. The second-order valence-electron chi connectivity index (χ2n) is 3.32. The van der Waals surface area contributed by atoms with Crippen molar-refractivity contribution in [2.45, 2.75) is 30.3 Å². The lowest BCUT2D eigenvalue weighted by atomic mass is 10.2. The summed E-state index contributed by atoms with van der Waals surface area (Å²) >= 11 is -0.149. The van der Waals surface area contributed by atoms with Gasteiger partial charge >= 0.3 is 5.51 Å². The highest BCUT2D eigenvalue weighted by molar-refractivity contribution is 8.00. The molecular formula is C11H12F3NOS. The number of carbonyl (C=O) groups excluding carboxylic acids is 1. The van der Waals surface area contributed by atoms with Gasteiger partial charge in [0.2, 0.25) is 5.91 Å². The van der Waals surface area contributed by atoms with E-state index < -0.39 is 5.51 Å². The third kappa shape index (κ3) is 5.63. The van der Waals surface area contributed by atoms with Crippen LogP contribution in [0.25, 0.3) is 0 Å². The molecule has 0 saturated carbocycles. The van der Waals surface area contributed by atoms with E-state index in [0.717, 1.165) is 5.56 Å². The number of nitrogens with one attached hydrogen (secondary N) is 1. The quantitative estimate of drug-likeness (QED) is 0.844. The number of amides is 1. The summed E-state index contributed by atoms with van der Waals surface area (Å²) < 4.78 is 36.1. The molecule has 1 amide bonds. The molecule has 6 heteroatoms. The number of hydrogen-bond donors (Lipinski definition) is 1. The van der Waals surface area contributed by atoms with Crippen LogP contribution in [0.5, 0.6) is 0 Å². The summed E-state index contributed by atoms with van der Waals surface area (Å²) in [6.07, 6.45) is 0.391. The van der Waals surface area contributed by atoms with Gasteiger partial charge in [-0.2, -0.15) is 13.2 Å². The van der Waals surface area contributed by atoms with Crippen LogP contribution in [-0.2, 0) is 11.3 Å². The van der Waals surface area contributed by atoms with Crippen LogP contribution in [0.2, 0.25) is 0 Å². The Kier molecular flexibility index (Phi) is 4.86. The minimum Gasteiger partial charge on any atom is -0.352 e. The van der Waals surface area contributed by atoms with E-state index in [1.54, 1.807) is 19.1 Å². The maximum absolute atomic E-state index is 12.0. The summed E-state index contributed by atoms with van der Waals surface area (Å²) in [7, 11) is 0. The minimum atomic E-state index is -4.27. The van der Waals surface area contributed by atoms with Gasteiger partial charge in [-0.15, -0.1) is 0 Å². The summed E-state index contributed by atoms with van der Waals surface area (Å²) in [6.45, 7) is 2.07. The molecule has 0 aliphatic rings. The number of hydrogen-bond acceptors (Lipinski definition) is 2. The van der Waals surface area contributed by atoms with Crippen LogP contribution in [0.4, 0.5) is 13.2 Å². The lowest BCUT2D eigenvalue weighted by Crippen LogP contribution is -2.21. The third-order valence-electron chi connectivity index (χ3n) is 1.97. The Bertz CT molecular complexity index is 375. The Morgan fingerprint density at radius 3 is 2.35 bits per heavy atom. The molecule has 2 nitrogen and oxygen atoms in total. The summed E-state index contributed by atoms with van der Waals surface area (Å²) in [5, 5.41) is 2.65. The summed E-state index contributed by atoms with van der Waals surface area (Å²) in [5.74, 6) is -0.0845. The fourth-order valence-electron chi connectivity index (χ4n) is 1.13. The molecule has 0 radical (unpaired) electrons. The van der Waals surface area contributed by atoms with Crippen LogP contribution >= 0.6 is 11.8 Å². The van der Waals surface area contributed by atoms with Gasteiger partial charge in [-0.3, -0.25) is 4.79 Å². The van der Waals surface area contributed by atoms with E-state index in [2.05, 4.69) is 5.32 Å². The number of benzene rings is 1. The van der Waals surface area contributed by atoms with Crippen molar-refractivity contribution in [2.75, 3.05) is 0 Å². The maximum Gasteiger partial charge on any atom is 0.446 e. The molecule has 1 aromatic rings. The van der Waals surface area contributed by atoms with Crippen LogP contribution in [0.15, 0.2) is 29.2 Å². The zero-order valence-corrected chi connectivity index (χ0v) is 9.99. The molecule has 0 aliphatic heterocycles. The zero-order valence-electron chi connectivity index (χ0n) is 9.17. The first-order chi connectivity index (χ1) is 7.90. The Labute approximate surface area is 102 Å². The average molecular weight is 263 g/mol. The number of carbonyl (C=O) groups is 1. The molecule has 17 heavy (non-hydrogen) atoms. The molecule has 1 N–H and O–H groups in total. The summed E-state index contributed by atoms with van der Waals surface area (Å²) in [4.78, 5) is 11.1. The summed E-state index contributed by atoms with van der Waals surface area (Å²) in [5.41, 5.74) is -3.49.